The van der Waals surface area contributed by atoms with E-state index in [-0.39, 0.29) is 30.7 Å². The first-order valence-electron chi connectivity index (χ1n) is 13.6. The molecule has 7 heteroatoms. The molecule has 40 heavy (non-hydrogen) atoms. The van der Waals surface area contributed by atoms with E-state index in [0.29, 0.717) is 31.1 Å². The Morgan fingerprint density at radius 3 is 2.33 bits per heavy atom. The maximum atomic E-state index is 13.2. The summed E-state index contributed by atoms with van der Waals surface area (Å²) in [5.74, 6) is 0.901. The van der Waals surface area contributed by atoms with Gasteiger partial charge in [0, 0.05) is 24.9 Å². The van der Waals surface area contributed by atoms with Crippen molar-refractivity contribution < 1.29 is 23.8 Å². The number of oxazole rings is 1. The van der Waals surface area contributed by atoms with Crippen molar-refractivity contribution in [2.75, 3.05) is 6.61 Å². The van der Waals surface area contributed by atoms with E-state index in [1.807, 2.05) is 99.6 Å². The molecule has 0 aliphatic heterocycles. The third-order valence-corrected chi connectivity index (χ3v) is 6.87. The number of nitrogens with zero attached hydrogens (tertiary/aromatic N) is 1. The molecule has 1 aromatic heterocycles. The van der Waals surface area contributed by atoms with Gasteiger partial charge in [-0.25, -0.2) is 4.98 Å². The number of hydrogen-bond acceptors (Lipinski definition) is 5. The van der Waals surface area contributed by atoms with Crippen LogP contribution in [0.15, 0.2) is 83.3 Å². The second kappa shape index (κ2) is 13.6. The van der Waals surface area contributed by atoms with Crippen LogP contribution in [0.3, 0.4) is 0 Å². The van der Waals surface area contributed by atoms with Crippen molar-refractivity contribution in [3.05, 3.63) is 107 Å². The van der Waals surface area contributed by atoms with Gasteiger partial charge in [-0.2, -0.15) is 0 Å². The van der Waals surface area contributed by atoms with Crippen molar-refractivity contribution in [1.82, 2.24) is 10.3 Å². The quantitative estimate of drug-likeness (QED) is 0.205. The summed E-state index contributed by atoms with van der Waals surface area (Å²) in [4.78, 5) is 29.1. The molecule has 208 valence electrons. The van der Waals surface area contributed by atoms with Crippen LogP contribution < -0.4 is 10.1 Å². The third kappa shape index (κ3) is 7.59. The predicted octanol–water partition coefficient (Wildman–Crippen LogP) is 6.34. The first-order chi connectivity index (χ1) is 19.3. The fourth-order valence-corrected chi connectivity index (χ4v) is 4.76. The van der Waals surface area contributed by atoms with Crippen molar-refractivity contribution in [2.45, 2.75) is 52.5 Å². The zero-order chi connectivity index (χ0) is 28.5. The highest BCUT2D eigenvalue weighted by molar-refractivity contribution is 5.84. The number of rotatable bonds is 13. The fraction of sp³-hybridized carbons (Fsp3) is 0.303. The summed E-state index contributed by atoms with van der Waals surface area (Å²) in [5, 5.41) is 12.3. The number of ether oxygens (including phenoxy) is 1. The van der Waals surface area contributed by atoms with E-state index >= 15 is 0 Å². The second-order valence-corrected chi connectivity index (χ2v) is 10.2. The van der Waals surface area contributed by atoms with E-state index in [2.05, 4.69) is 10.3 Å². The molecule has 0 bridgehead atoms. The summed E-state index contributed by atoms with van der Waals surface area (Å²) in [6.45, 7) is 6.63. The number of carboxylic acids is 1. The number of benzene rings is 3. The molecular formula is C33H36N2O5. The number of aliphatic carboxylic acids is 1. The Kier molecular flexibility index (Phi) is 9.73. The van der Waals surface area contributed by atoms with Gasteiger partial charge in [0.1, 0.15) is 11.5 Å². The molecule has 3 aromatic carbocycles. The van der Waals surface area contributed by atoms with Gasteiger partial charge in [-0.15, -0.1) is 0 Å². The summed E-state index contributed by atoms with van der Waals surface area (Å²) < 4.78 is 11.9. The summed E-state index contributed by atoms with van der Waals surface area (Å²) in [7, 11) is 0. The largest absolute Gasteiger partial charge is 0.493 e. The molecule has 1 amide bonds. The molecular weight excluding hydrogens is 504 g/mol. The minimum atomic E-state index is -0.864. The van der Waals surface area contributed by atoms with Crippen LogP contribution in [0, 0.1) is 12.8 Å². The first-order valence-corrected chi connectivity index (χ1v) is 13.6. The van der Waals surface area contributed by atoms with Crippen molar-refractivity contribution in [3.63, 3.8) is 0 Å². The van der Waals surface area contributed by atoms with Gasteiger partial charge in [-0.05, 0) is 60.2 Å². The van der Waals surface area contributed by atoms with Crippen LogP contribution in [-0.2, 0) is 29.0 Å². The maximum Gasteiger partial charge on any atom is 0.303 e. The molecule has 1 unspecified atom stereocenters. The Hall–Kier alpha value is -4.39. The van der Waals surface area contributed by atoms with Crippen LogP contribution >= 0.6 is 0 Å². The van der Waals surface area contributed by atoms with Crippen LogP contribution in [-0.4, -0.2) is 28.6 Å². The molecule has 0 aliphatic rings. The zero-order valence-corrected chi connectivity index (χ0v) is 23.2. The molecule has 0 fully saturated rings. The smallest absolute Gasteiger partial charge is 0.303 e. The van der Waals surface area contributed by atoms with Gasteiger partial charge < -0.3 is 19.6 Å². The number of aryl methyl sites for hydroxylation is 2. The molecule has 0 radical (unpaired) electrons. The maximum absolute atomic E-state index is 13.2. The highest BCUT2D eigenvalue weighted by Gasteiger charge is 2.24. The summed E-state index contributed by atoms with van der Waals surface area (Å²) in [6.07, 6.45) is 0.949. The predicted molar refractivity (Wildman–Crippen MR) is 154 cm³/mol. The lowest BCUT2D eigenvalue weighted by Gasteiger charge is -2.21. The lowest BCUT2D eigenvalue weighted by molar-refractivity contribution is -0.137. The zero-order valence-electron chi connectivity index (χ0n) is 23.2. The van der Waals surface area contributed by atoms with Crippen molar-refractivity contribution in [1.29, 1.82) is 0 Å². The van der Waals surface area contributed by atoms with E-state index in [0.717, 1.165) is 33.7 Å². The normalized spacial score (nSPS) is 11.8. The SMILES string of the molecule is Cc1oc(-c2ccccc2)nc1CCOc1ccc(CCC(=O)O)c(CNC(=O)C(c2ccccc2)C(C)C)c1. The van der Waals surface area contributed by atoms with E-state index in [1.165, 1.54) is 0 Å². The first kappa shape index (κ1) is 28.6. The average molecular weight is 541 g/mol. The summed E-state index contributed by atoms with van der Waals surface area (Å²) >= 11 is 0. The molecule has 1 heterocycles. The molecule has 7 nitrogen and oxygen atoms in total. The molecule has 4 aromatic rings. The van der Waals surface area contributed by atoms with Crippen LogP contribution in [0.5, 0.6) is 5.75 Å². The molecule has 0 saturated heterocycles. The number of amides is 1. The Labute approximate surface area is 235 Å². The summed E-state index contributed by atoms with van der Waals surface area (Å²) in [5.41, 5.74) is 4.44. The van der Waals surface area contributed by atoms with Crippen LogP contribution in [0.4, 0.5) is 0 Å². The van der Waals surface area contributed by atoms with Gasteiger partial charge in [0.15, 0.2) is 0 Å². The van der Waals surface area contributed by atoms with Crippen LogP contribution in [0.25, 0.3) is 11.5 Å². The van der Waals surface area contributed by atoms with Gasteiger partial charge in [0.05, 0.1) is 18.2 Å². The van der Waals surface area contributed by atoms with Crippen molar-refractivity contribution >= 4 is 11.9 Å². The molecule has 0 saturated carbocycles. The molecule has 1 atom stereocenters. The Morgan fingerprint density at radius 1 is 0.950 bits per heavy atom. The van der Waals surface area contributed by atoms with E-state index < -0.39 is 5.97 Å². The minimum Gasteiger partial charge on any atom is -0.493 e. The Balaban J connectivity index is 1.43. The van der Waals surface area contributed by atoms with Gasteiger partial charge in [-0.1, -0.05) is 68.4 Å². The van der Waals surface area contributed by atoms with Crippen LogP contribution in [0.1, 0.15) is 54.3 Å². The fourth-order valence-electron chi connectivity index (χ4n) is 4.76. The number of carbonyl (C=O) groups excluding carboxylic acids is 1. The minimum absolute atomic E-state index is 0.00890. The molecule has 4 rings (SSSR count). The number of carbonyl (C=O) groups is 2. The van der Waals surface area contributed by atoms with Gasteiger partial charge >= 0.3 is 5.97 Å². The van der Waals surface area contributed by atoms with Crippen LogP contribution in [0.2, 0.25) is 0 Å². The van der Waals surface area contributed by atoms with E-state index in [9.17, 15) is 14.7 Å². The molecule has 0 spiro atoms. The topological polar surface area (TPSA) is 102 Å². The number of carboxylic acid groups (broad SMARTS) is 1. The number of nitrogens with one attached hydrogen (secondary N) is 1. The lowest BCUT2D eigenvalue weighted by Crippen LogP contribution is -2.32. The van der Waals surface area contributed by atoms with Crippen molar-refractivity contribution in [2.24, 2.45) is 5.92 Å². The standard InChI is InChI=1S/C33H36N2O5/c1-22(2)31(25-10-6-4-7-11-25)32(38)34-21-27-20-28(16-14-24(27)15-17-30(36)37)39-19-18-29-23(3)40-33(35-29)26-12-8-5-9-13-26/h4-14,16,20,22,31H,15,17-19,21H2,1-3H3,(H,34,38)(H,36,37). The van der Waals surface area contributed by atoms with Crippen molar-refractivity contribution in [3.8, 4) is 17.2 Å². The van der Waals surface area contributed by atoms with Gasteiger partial charge in [0.25, 0.3) is 0 Å². The van der Waals surface area contributed by atoms with E-state index in [4.69, 9.17) is 9.15 Å². The van der Waals surface area contributed by atoms with Gasteiger partial charge in [0.2, 0.25) is 11.8 Å². The van der Waals surface area contributed by atoms with Gasteiger partial charge in [-0.3, -0.25) is 9.59 Å². The number of hydrogen-bond donors (Lipinski definition) is 2. The highest BCUT2D eigenvalue weighted by Crippen LogP contribution is 2.26. The Morgan fingerprint density at radius 2 is 1.65 bits per heavy atom. The molecule has 0 aliphatic carbocycles. The molecule has 2 N–H and O–H groups in total. The third-order valence-electron chi connectivity index (χ3n) is 6.87. The second-order valence-electron chi connectivity index (χ2n) is 10.2. The van der Waals surface area contributed by atoms with E-state index in [1.54, 1.807) is 0 Å². The monoisotopic (exact) mass is 540 g/mol. The Bertz CT molecular complexity index is 1410. The average Bonchev–Trinajstić information content (AvgIpc) is 3.32. The lowest BCUT2D eigenvalue weighted by atomic mass is 9.87. The highest BCUT2D eigenvalue weighted by atomic mass is 16.5. The number of aromatic nitrogens is 1. The summed E-state index contributed by atoms with van der Waals surface area (Å²) in [6, 6.07) is 25.1.